The van der Waals surface area contributed by atoms with Crippen molar-refractivity contribution in [2.24, 2.45) is 17.3 Å². The fraction of sp³-hybridized carbons (Fsp3) is 0.667. The van der Waals surface area contributed by atoms with Gasteiger partial charge in [-0.05, 0) is 55.6 Å². The molecule has 0 amide bonds. The van der Waals surface area contributed by atoms with Crippen LogP contribution >= 0.6 is 0 Å². The Morgan fingerprint density at radius 2 is 1.90 bits per heavy atom. The summed E-state index contributed by atoms with van der Waals surface area (Å²) < 4.78 is 0. The maximum Gasteiger partial charge on any atom is 0.0991 e. The van der Waals surface area contributed by atoms with E-state index < -0.39 is 0 Å². The van der Waals surface area contributed by atoms with Crippen molar-refractivity contribution < 1.29 is 10.2 Å². The van der Waals surface area contributed by atoms with Crippen molar-refractivity contribution >= 4 is 0 Å². The van der Waals surface area contributed by atoms with Crippen LogP contribution in [0.25, 0.3) is 0 Å². The van der Waals surface area contributed by atoms with Crippen molar-refractivity contribution in [1.29, 1.82) is 0 Å². The SMILES string of the molecule is CC1=C(O)[C@@H]2CC3=C(CCCC3)[C@H](O)[C@H](C=C1)C2(C)C. The van der Waals surface area contributed by atoms with E-state index in [1.165, 1.54) is 24.0 Å². The van der Waals surface area contributed by atoms with Crippen LogP contribution in [0.2, 0.25) is 0 Å². The predicted octanol–water partition coefficient (Wildman–Crippen LogP) is 4.28. The van der Waals surface area contributed by atoms with Crippen molar-refractivity contribution in [3.05, 3.63) is 34.6 Å². The third-order valence-corrected chi connectivity index (χ3v) is 5.82. The first-order valence-electron chi connectivity index (χ1n) is 7.89. The first-order chi connectivity index (χ1) is 9.43. The molecule has 0 fully saturated rings. The Kier molecular flexibility index (Phi) is 3.32. The monoisotopic (exact) mass is 274 g/mol. The molecule has 3 rings (SSSR count). The van der Waals surface area contributed by atoms with E-state index in [4.69, 9.17) is 0 Å². The normalized spacial score (nSPS) is 36.5. The first kappa shape index (κ1) is 13.9. The van der Waals surface area contributed by atoms with Crippen molar-refractivity contribution in [3.63, 3.8) is 0 Å². The van der Waals surface area contributed by atoms with Gasteiger partial charge in [-0.1, -0.05) is 31.6 Å². The summed E-state index contributed by atoms with van der Waals surface area (Å²) >= 11 is 0. The van der Waals surface area contributed by atoms with Crippen LogP contribution in [0.4, 0.5) is 0 Å². The van der Waals surface area contributed by atoms with Crippen LogP contribution in [0.5, 0.6) is 0 Å². The maximum absolute atomic E-state index is 10.9. The number of rotatable bonds is 0. The minimum atomic E-state index is -0.375. The number of aliphatic hydroxyl groups excluding tert-OH is 2. The Balaban J connectivity index is 2.14. The summed E-state index contributed by atoms with van der Waals surface area (Å²) in [6, 6.07) is 0. The van der Waals surface area contributed by atoms with Crippen LogP contribution in [0.3, 0.4) is 0 Å². The van der Waals surface area contributed by atoms with E-state index in [0.717, 1.165) is 24.8 Å². The third-order valence-electron chi connectivity index (χ3n) is 5.82. The van der Waals surface area contributed by atoms with Gasteiger partial charge in [0.15, 0.2) is 0 Å². The summed E-state index contributed by atoms with van der Waals surface area (Å²) in [5.41, 5.74) is 3.53. The molecule has 3 aliphatic carbocycles. The molecular formula is C18H26O2. The Bertz CT molecular complexity index is 508. The van der Waals surface area contributed by atoms with Gasteiger partial charge in [-0.25, -0.2) is 0 Å². The van der Waals surface area contributed by atoms with Crippen molar-refractivity contribution in [3.8, 4) is 0 Å². The van der Waals surface area contributed by atoms with Crippen molar-refractivity contribution in [2.75, 3.05) is 0 Å². The van der Waals surface area contributed by atoms with Gasteiger partial charge < -0.3 is 10.2 Å². The second-order valence-electron chi connectivity index (χ2n) is 7.31. The fourth-order valence-corrected chi connectivity index (χ4v) is 4.36. The molecule has 0 heterocycles. The molecule has 0 saturated carbocycles. The van der Waals surface area contributed by atoms with Gasteiger partial charge in [0.1, 0.15) is 0 Å². The number of fused-ring (bicyclic) bond motifs is 2. The lowest BCUT2D eigenvalue weighted by Gasteiger charge is -2.39. The van der Waals surface area contributed by atoms with Gasteiger partial charge in [0.25, 0.3) is 0 Å². The van der Waals surface area contributed by atoms with Crippen LogP contribution in [0.15, 0.2) is 34.6 Å². The molecule has 2 N–H and O–H groups in total. The zero-order valence-electron chi connectivity index (χ0n) is 12.8. The Labute approximate surface area is 121 Å². The molecular weight excluding hydrogens is 248 g/mol. The predicted molar refractivity (Wildman–Crippen MR) is 81.3 cm³/mol. The summed E-state index contributed by atoms with van der Waals surface area (Å²) in [4.78, 5) is 0. The number of aliphatic hydroxyl groups is 2. The van der Waals surface area contributed by atoms with Gasteiger partial charge in [0.2, 0.25) is 0 Å². The van der Waals surface area contributed by atoms with E-state index in [2.05, 4.69) is 19.9 Å². The highest BCUT2D eigenvalue weighted by Crippen LogP contribution is 2.52. The molecule has 2 bridgehead atoms. The quantitative estimate of drug-likeness (QED) is 0.647. The Hall–Kier alpha value is -1.02. The van der Waals surface area contributed by atoms with E-state index in [1.54, 1.807) is 0 Å². The number of hydrogen-bond donors (Lipinski definition) is 2. The summed E-state index contributed by atoms with van der Waals surface area (Å²) in [5.74, 6) is 0.751. The van der Waals surface area contributed by atoms with E-state index in [0.29, 0.717) is 5.76 Å². The second kappa shape index (κ2) is 4.77. The first-order valence-corrected chi connectivity index (χ1v) is 7.89. The largest absolute Gasteiger partial charge is 0.512 e. The van der Waals surface area contributed by atoms with E-state index in [1.807, 2.05) is 13.0 Å². The van der Waals surface area contributed by atoms with Crippen LogP contribution in [-0.2, 0) is 0 Å². The summed E-state index contributed by atoms with van der Waals surface area (Å²) in [6.07, 6.45) is 9.22. The molecule has 0 radical (unpaired) electrons. The summed E-state index contributed by atoms with van der Waals surface area (Å²) in [6.45, 7) is 6.37. The molecule has 0 aromatic heterocycles. The standard InChI is InChI=1S/C18H26O2/c1-11-8-9-14-17(20)13-7-5-4-6-12(13)10-15(16(11)19)18(14,2)3/h8-9,14-15,17,19-20H,4-7,10H2,1-3H3/t14-,15-,17-/m0/s1. The van der Waals surface area contributed by atoms with Crippen LogP contribution in [-0.4, -0.2) is 16.3 Å². The smallest absolute Gasteiger partial charge is 0.0991 e. The molecule has 110 valence electrons. The zero-order chi connectivity index (χ0) is 14.5. The van der Waals surface area contributed by atoms with E-state index in [-0.39, 0.29) is 23.4 Å². The molecule has 0 aromatic carbocycles. The highest BCUT2D eigenvalue weighted by Gasteiger charge is 2.47. The highest BCUT2D eigenvalue weighted by atomic mass is 16.3. The van der Waals surface area contributed by atoms with Gasteiger partial charge in [0.05, 0.1) is 11.9 Å². The molecule has 0 aliphatic heterocycles. The lowest BCUT2D eigenvalue weighted by molar-refractivity contribution is 0.0534. The Morgan fingerprint density at radius 3 is 2.65 bits per heavy atom. The molecule has 0 aromatic rings. The van der Waals surface area contributed by atoms with Gasteiger partial charge in [-0.3, -0.25) is 0 Å². The Morgan fingerprint density at radius 1 is 1.20 bits per heavy atom. The molecule has 20 heavy (non-hydrogen) atoms. The van der Waals surface area contributed by atoms with Crippen LogP contribution in [0.1, 0.15) is 52.9 Å². The minimum absolute atomic E-state index is 0.0951. The van der Waals surface area contributed by atoms with Gasteiger partial charge in [-0.2, -0.15) is 0 Å². The average Bonchev–Trinajstić information content (AvgIpc) is 2.55. The minimum Gasteiger partial charge on any atom is -0.512 e. The lowest BCUT2D eigenvalue weighted by Crippen LogP contribution is -2.37. The van der Waals surface area contributed by atoms with Crippen LogP contribution in [0, 0.1) is 17.3 Å². The highest BCUT2D eigenvalue weighted by molar-refractivity contribution is 5.35. The van der Waals surface area contributed by atoms with Crippen LogP contribution < -0.4 is 0 Å². The second-order valence-corrected chi connectivity index (χ2v) is 7.31. The molecule has 3 aliphatic rings. The lowest BCUT2D eigenvalue weighted by atomic mass is 9.67. The van der Waals surface area contributed by atoms with E-state index >= 15 is 0 Å². The van der Waals surface area contributed by atoms with Gasteiger partial charge in [-0.15, -0.1) is 0 Å². The number of hydrogen-bond acceptors (Lipinski definition) is 2. The van der Waals surface area contributed by atoms with E-state index in [9.17, 15) is 10.2 Å². The zero-order valence-corrected chi connectivity index (χ0v) is 12.8. The molecule has 3 atom stereocenters. The third kappa shape index (κ3) is 1.96. The number of allylic oxidation sites excluding steroid dienone is 4. The van der Waals surface area contributed by atoms with Gasteiger partial charge in [0, 0.05) is 11.8 Å². The summed E-state index contributed by atoms with van der Waals surface area (Å²) in [5, 5.41) is 21.6. The molecule has 2 nitrogen and oxygen atoms in total. The van der Waals surface area contributed by atoms with Crippen molar-refractivity contribution in [2.45, 2.75) is 59.0 Å². The maximum atomic E-state index is 10.9. The van der Waals surface area contributed by atoms with Gasteiger partial charge >= 0.3 is 0 Å². The molecule has 0 spiro atoms. The van der Waals surface area contributed by atoms with Crippen molar-refractivity contribution in [1.82, 2.24) is 0 Å². The molecule has 0 unspecified atom stereocenters. The summed E-state index contributed by atoms with van der Waals surface area (Å²) in [7, 11) is 0. The molecule has 2 heteroatoms. The molecule has 0 saturated heterocycles. The topological polar surface area (TPSA) is 40.5 Å². The fourth-order valence-electron chi connectivity index (χ4n) is 4.36. The average molecular weight is 274 g/mol.